The van der Waals surface area contributed by atoms with Crippen molar-refractivity contribution in [2.45, 2.75) is 23.8 Å². The van der Waals surface area contributed by atoms with Crippen LogP contribution < -0.4 is 0 Å². The van der Waals surface area contributed by atoms with Gasteiger partial charge in [0.25, 0.3) is 5.91 Å². The smallest absolute Gasteiger partial charge is 0.251 e. The van der Waals surface area contributed by atoms with Gasteiger partial charge in [-0.15, -0.1) is 0 Å². The summed E-state index contributed by atoms with van der Waals surface area (Å²) < 4.78 is 32.8. The van der Waals surface area contributed by atoms with E-state index in [9.17, 15) is 13.2 Å². The zero-order chi connectivity index (χ0) is 18.1. The molecule has 6 nitrogen and oxygen atoms in total. The standard InChI is InChI=1S/C19H22N2O4S/c22-19(18-6-3-13-25-18)20-9-11-21(12-10-20)26(23,24)17-8-7-15-4-1-2-5-16(15)14-17/h1-2,4-5,7-8,14,18H,3,6,9-13H2/t18-/m1/s1. The fourth-order valence-electron chi connectivity index (χ4n) is 3.60. The Labute approximate surface area is 153 Å². The number of amides is 1. The maximum atomic E-state index is 13.0. The molecule has 0 bridgehead atoms. The highest BCUT2D eigenvalue weighted by molar-refractivity contribution is 7.89. The summed E-state index contributed by atoms with van der Waals surface area (Å²) in [6.45, 7) is 2.07. The van der Waals surface area contributed by atoms with Crippen LogP contribution in [0.2, 0.25) is 0 Å². The van der Waals surface area contributed by atoms with Crippen LogP contribution >= 0.6 is 0 Å². The molecule has 4 rings (SSSR count). The molecule has 2 aromatic carbocycles. The highest BCUT2D eigenvalue weighted by Crippen LogP contribution is 2.23. The summed E-state index contributed by atoms with van der Waals surface area (Å²) in [5.74, 6) is -0.00902. The summed E-state index contributed by atoms with van der Waals surface area (Å²) in [5, 5.41) is 1.92. The lowest BCUT2D eigenvalue weighted by molar-refractivity contribution is -0.142. The van der Waals surface area contributed by atoms with E-state index >= 15 is 0 Å². The van der Waals surface area contributed by atoms with Gasteiger partial charge in [-0.1, -0.05) is 30.3 Å². The van der Waals surface area contributed by atoms with Crippen LogP contribution in [0.1, 0.15) is 12.8 Å². The zero-order valence-electron chi connectivity index (χ0n) is 14.5. The van der Waals surface area contributed by atoms with Gasteiger partial charge in [0.05, 0.1) is 4.90 Å². The van der Waals surface area contributed by atoms with Gasteiger partial charge in [-0.25, -0.2) is 8.42 Å². The summed E-state index contributed by atoms with van der Waals surface area (Å²) in [6, 6.07) is 12.9. The number of fused-ring (bicyclic) bond motifs is 1. The number of benzene rings is 2. The molecular formula is C19H22N2O4S. The molecule has 2 aromatic rings. The van der Waals surface area contributed by atoms with E-state index in [2.05, 4.69) is 0 Å². The Balaban J connectivity index is 1.47. The first-order valence-electron chi connectivity index (χ1n) is 8.95. The van der Waals surface area contributed by atoms with Crippen molar-refractivity contribution in [2.24, 2.45) is 0 Å². The predicted molar refractivity (Wildman–Crippen MR) is 98.3 cm³/mol. The zero-order valence-corrected chi connectivity index (χ0v) is 15.3. The highest BCUT2D eigenvalue weighted by atomic mass is 32.2. The monoisotopic (exact) mass is 374 g/mol. The van der Waals surface area contributed by atoms with Crippen molar-refractivity contribution >= 4 is 26.7 Å². The molecule has 2 aliphatic rings. The molecule has 26 heavy (non-hydrogen) atoms. The molecule has 7 heteroatoms. The number of sulfonamides is 1. The van der Waals surface area contributed by atoms with Crippen LogP contribution in [0.4, 0.5) is 0 Å². The largest absolute Gasteiger partial charge is 0.368 e. The van der Waals surface area contributed by atoms with E-state index in [0.717, 1.165) is 23.6 Å². The minimum Gasteiger partial charge on any atom is -0.368 e. The van der Waals surface area contributed by atoms with E-state index in [-0.39, 0.29) is 12.0 Å². The Morgan fingerprint density at radius 1 is 1.00 bits per heavy atom. The lowest BCUT2D eigenvalue weighted by Gasteiger charge is -2.35. The average Bonchev–Trinajstić information content (AvgIpc) is 3.22. The second-order valence-corrected chi connectivity index (χ2v) is 8.68. The number of rotatable bonds is 3. The quantitative estimate of drug-likeness (QED) is 0.822. The second kappa shape index (κ2) is 6.98. The van der Waals surface area contributed by atoms with E-state index in [1.54, 1.807) is 17.0 Å². The van der Waals surface area contributed by atoms with Crippen LogP contribution in [0.25, 0.3) is 10.8 Å². The third-order valence-electron chi connectivity index (χ3n) is 5.11. The molecule has 0 radical (unpaired) electrons. The van der Waals surface area contributed by atoms with Crippen LogP contribution in [0.15, 0.2) is 47.4 Å². The number of carbonyl (C=O) groups is 1. The average molecular weight is 374 g/mol. The van der Waals surface area contributed by atoms with Crippen LogP contribution in [-0.4, -0.2) is 62.4 Å². The first kappa shape index (κ1) is 17.5. The molecule has 1 atom stereocenters. The van der Waals surface area contributed by atoms with Crippen molar-refractivity contribution in [3.05, 3.63) is 42.5 Å². The fraction of sp³-hybridized carbons (Fsp3) is 0.421. The van der Waals surface area contributed by atoms with E-state index in [0.29, 0.717) is 37.7 Å². The van der Waals surface area contributed by atoms with Gasteiger partial charge in [0.1, 0.15) is 6.10 Å². The van der Waals surface area contributed by atoms with Crippen molar-refractivity contribution in [3.63, 3.8) is 0 Å². The molecule has 138 valence electrons. The molecule has 0 N–H and O–H groups in total. The van der Waals surface area contributed by atoms with Crippen molar-refractivity contribution in [3.8, 4) is 0 Å². The van der Waals surface area contributed by atoms with Gasteiger partial charge in [-0.2, -0.15) is 4.31 Å². The Kier molecular flexibility index (Phi) is 4.69. The normalized spacial score (nSPS) is 22.0. The minimum atomic E-state index is -3.56. The molecular weight excluding hydrogens is 352 g/mol. The molecule has 2 heterocycles. The number of hydrogen-bond acceptors (Lipinski definition) is 4. The van der Waals surface area contributed by atoms with Crippen LogP contribution in [-0.2, 0) is 19.6 Å². The maximum Gasteiger partial charge on any atom is 0.251 e. The van der Waals surface area contributed by atoms with E-state index in [4.69, 9.17) is 4.74 Å². The van der Waals surface area contributed by atoms with Gasteiger partial charge < -0.3 is 9.64 Å². The Morgan fingerprint density at radius 3 is 2.42 bits per heavy atom. The van der Waals surface area contributed by atoms with Crippen molar-refractivity contribution in [2.75, 3.05) is 32.8 Å². The molecule has 2 fully saturated rings. The molecule has 0 saturated carbocycles. The van der Waals surface area contributed by atoms with Gasteiger partial charge in [-0.05, 0) is 35.7 Å². The number of nitrogens with zero attached hydrogens (tertiary/aromatic N) is 2. The number of ether oxygens (including phenoxy) is 1. The lowest BCUT2D eigenvalue weighted by atomic mass is 10.1. The topological polar surface area (TPSA) is 66.9 Å². The molecule has 0 aromatic heterocycles. The van der Waals surface area contributed by atoms with E-state index in [1.807, 2.05) is 30.3 Å². The molecule has 0 unspecified atom stereocenters. The molecule has 2 saturated heterocycles. The Morgan fingerprint density at radius 2 is 1.73 bits per heavy atom. The molecule has 0 spiro atoms. The van der Waals surface area contributed by atoms with Gasteiger partial charge >= 0.3 is 0 Å². The van der Waals surface area contributed by atoms with Crippen molar-refractivity contribution in [1.82, 2.24) is 9.21 Å². The van der Waals surface area contributed by atoms with Crippen LogP contribution in [0, 0.1) is 0 Å². The number of carbonyl (C=O) groups excluding carboxylic acids is 1. The first-order valence-corrected chi connectivity index (χ1v) is 10.4. The second-order valence-electron chi connectivity index (χ2n) is 6.74. The third-order valence-corrected chi connectivity index (χ3v) is 7.01. The lowest BCUT2D eigenvalue weighted by Crippen LogP contribution is -2.52. The van der Waals surface area contributed by atoms with Crippen molar-refractivity contribution < 1.29 is 17.9 Å². The third kappa shape index (κ3) is 3.22. The SMILES string of the molecule is O=C([C@H]1CCCO1)N1CCN(S(=O)(=O)c2ccc3ccccc3c2)CC1. The molecule has 2 aliphatic heterocycles. The Bertz CT molecular complexity index is 914. The summed E-state index contributed by atoms with van der Waals surface area (Å²) in [4.78, 5) is 14.4. The van der Waals surface area contributed by atoms with Gasteiger partial charge in [0, 0.05) is 32.8 Å². The number of piperazine rings is 1. The maximum absolute atomic E-state index is 13.0. The Hall–Kier alpha value is -1.96. The van der Waals surface area contributed by atoms with E-state index in [1.165, 1.54) is 4.31 Å². The first-order chi connectivity index (χ1) is 12.6. The van der Waals surface area contributed by atoms with Gasteiger partial charge in [0.2, 0.25) is 10.0 Å². The highest BCUT2D eigenvalue weighted by Gasteiger charge is 2.34. The minimum absolute atomic E-state index is 0.00902. The molecule has 1 amide bonds. The van der Waals surface area contributed by atoms with Crippen LogP contribution in [0.3, 0.4) is 0 Å². The summed E-state index contributed by atoms with van der Waals surface area (Å²) in [7, 11) is -3.56. The van der Waals surface area contributed by atoms with Gasteiger partial charge in [0.15, 0.2) is 0 Å². The summed E-state index contributed by atoms with van der Waals surface area (Å²) in [5.41, 5.74) is 0. The van der Waals surface area contributed by atoms with Crippen molar-refractivity contribution in [1.29, 1.82) is 0 Å². The summed E-state index contributed by atoms with van der Waals surface area (Å²) >= 11 is 0. The fourth-order valence-corrected chi connectivity index (χ4v) is 5.06. The van der Waals surface area contributed by atoms with E-state index < -0.39 is 10.0 Å². The van der Waals surface area contributed by atoms with Crippen LogP contribution in [0.5, 0.6) is 0 Å². The number of hydrogen-bond donors (Lipinski definition) is 0. The summed E-state index contributed by atoms with van der Waals surface area (Å²) in [6.07, 6.45) is 1.32. The predicted octanol–water partition coefficient (Wildman–Crippen LogP) is 1.85. The van der Waals surface area contributed by atoms with Gasteiger partial charge in [-0.3, -0.25) is 4.79 Å². The molecule has 0 aliphatic carbocycles.